The van der Waals surface area contributed by atoms with Crippen LogP contribution in [0.15, 0.2) is 42.9 Å². The third kappa shape index (κ3) is 4.91. The molecule has 0 saturated heterocycles. The van der Waals surface area contributed by atoms with E-state index in [1.165, 1.54) is 4.57 Å². The third-order valence-electron chi connectivity index (χ3n) is 6.30. The van der Waals surface area contributed by atoms with Gasteiger partial charge in [-0.05, 0) is 19.4 Å². The number of methoxy groups -OCH3 is 1. The van der Waals surface area contributed by atoms with Crippen molar-refractivity contribution < 1.29 is 17.9 Å². The number of fused-ring (bicyclic) bond motifs is 1. The molecule has 0 amide bonds. The summed E-state index contributed by atoms with van der Waals surface area (Å²) in [6, 6.07) is 7.31. The van der Waals surface area contributed by atoms with Gasteiger partial charge in [0.1, 0.15) is 17.0 Å². The lowest BCUT2D eigenvalue weighted by Gasteiger charge is -2.20. The maximum Gasteiger partial charge on any atom is 0.434 e. The molecule has 0 spiro atoms. The molecule has 0 atom stereocenters. The number of alkyl halides is 3. The smallest absolute Gasteiger partial charge is 0.434 e. The summed E-state index contributed by atoms with van der Waals surface area (Å²) < 4.78 is 49.7. The van der Waals surface area contributed by atoms with Crippen molar-refractivity contribution in [2.24, 2.45) is 14.1 Å². The van der Waals surface area contributed by atoms with Gasteiger partial charge >= 0.3 is 6.18 Å². The van der Waals surface area contributed by atoms with E-state index in [9.17, 15) is 13.2 Å². The molecule has 13 heteroatoms. The monoisotopic (exact) mass is 539 g/mol. The minimum Gasteiger partial charge on any atom is -0.493 e. The molecule has 0 fully saturated rings. The molecule has 204 valence electrons. The number of hydrogen-bond donors (Lipinski definition) is 0. The molecule has 39 heavy (non-hydrogen) atoms. The van der Waals surface area contributed by atoms with Crippen molar-refractivity contribution in [1.29, 1.82) is 0 Å². The van der Waals surface area contributed by atoms with Gasteiger partial charge in [0.2, 0.25) is 0 Å². The predicted molar refractivity (Wildman–Crippen MR) is 140 cm³/mol. The summed E-state index contributed by atoms with van der Waals surface area (Å²) in [6.07, 6.45) is -0.0293. The van der Waals surface area contributed by atoms with E-state index < -0.39 is 11.9 Å². The standard InChI is InChI=1S/C26H28F3N9O/c1-15(2)38-22(19(39-6)11-30-38)23-31-18-13-37(5)34-21(18)25(33-23)35(3)12-16-7-9-17(10-8-16)24-32-20(14-36(24)4)26(27,28)29/h7-11,13-15H,12H2,1-6H3. The number of rotatable bonds is 7. The van der Waals surface area contributed by atoms with Crippen LogP contribution in [0, 0.1) is 0 Å². The van der Waals surface area contributed by atoms with Crippen molar-refractivity contribution in [3.05, 3.63) is 54.1 Å². The molecular weight excluding hydrogens is 511 g/mol. The summed E-state index contributed by atoms with van der Waals surface area (Å²) in [5, 5.41) is 9.03. The Kier molecular flexibility index (Phi) is 6.52. The number of imidazole rings is 1. The summed E-state index contributed by atoms with van der Waals surface area (Å²) >= 11 is 0. The summed E-state index contributed by atoms with van der Waals surface area (Å²) in [5.41, 5.74) is 2.59. The predicted octanol–water partition coefficient (Wildman–Crippen LogP) is 4.87. The van der Waals surface area contributed by atoms with Crippen molar-refractivity contribution in [3.63, 3.8) is 0 Å². The molecule has 4 heterocycles. The average Bonchev–Trinajstić information content (AvgIpc) is 3.59. The molecule has 0 aliphatic rings. The second-order valence-corrected chi connectivity index (χ2v) is 9.62. The number of ether oxygens (including phenoxy) is 1. The van der Waals surface area contributed by atoms with Crippen LogP contribution in [0.2, 0.25) is 0 Å². The van der Waals surface area contributed by atoms with Gasteiger partial charge in [-0.15, -0.1) is 0 Å². The van der Waals surface area contributed by atoms with Crippen molar-refractivity contribution in [2.45, 2.75) is 32.6 Å². The van der Waals surface area contributed by atoms with Crippen molar-refractivity contribution in [2.75, 3.05) is 19.1 Å². The van der Waals surface area contributed by atoms with Crippen LogP contribution in [-0.4, -0.2) is 53.2 Å². The molecule has 10 nitrogen and oxygen atoms in total. The van der Waals surface area contributed by atoms with Gasteiger partial charge in [-0.1, -0.05) is 24.3 Å². The van der Waals surface area contributed by atoms with Gasteiger partial charge < -0.3 is 14.2 Å². The Bertz CT molecular complexity index is 1630. The molecule has 0 unspecified atom stereocenters. The molecule has 0 aliphatic heterocycles. The number of aryl methyl sites for hydroxylation is 2. The number of aromatic nitrogens is 8. The van der Waals surface area contributed by atoms with Crippen molar-refractivity contribution in [3.8, 4) is 28.7 Å². The third-order valence-corrected chi connectivity index (χ3v) is 6.30. The van der Waals surface area contributed by atoms with Crippen LogP contribution >= 0.6 is 0 Å². The van der Waals surface area contributed by atoms with Crippen LogP contribution in [-0.2, 0) is 26.8 Å². The fourth-order valence-corrected chi connectivity index (χ4v) is 4.46. The fraction of sp³-hybridized carbons (Fsp3) is 0.346. The van der Waals surface area contributed by atoms with E-state index in [1.54, 1.807) is 37.2 Å². The van der Waals surface area contributed by atoms with E-state index in [2.05, 4.69) is 15.2 Å². The molecule has 1 aromatic carbocycles. The molecule has 0 bridgehead atoms. The SMILES string of the molecule is COc1cnn(C(C)C)c1-c1nc(N(C)Cc2ccc(-c3nc(C(F)(F)F)cn3C)cc2)c2nn(C)cc2n1. The zero-order chi connectivity index (χ0) is 28.1. The van der Waals surface area contributed by atoms with Gasteiger partial charge in [0.15, 0.2) is 28.6 Å². The van der Waals surface area contributed by atoms with Gasteiger partial charge in [-0.2, -0.15) is 23.4 Å². The second-order valence-electron chi connectivity index (χ2n) is 9.62. The Hall–Kier alpha value is -4.42. The van der Waals surface area contributed by atoms with Gasteiger partial charge in [0, 0.05) is 45.5 Å². The maximum atomic E-state index is 13.1. The lowest BCUT2D eigenvalue weighted by Crippen LogP contribution is -2.19. The Morgan fingerprint density at radius 1 is 1.03 bits per heavy atom. The summed E-state index contributed by atoms with van der Waals surface area (Å²) in [5.74, 6) is 1.90. The Balaban J connectivity index is 1.48. The molecule has 5 rings (SSSR count). The summed E-state index contributed by atoms with van der Waals surface area (Å²) in [7, 11) is 6.85. The Morgan fingerprint density at radius 2 is 1.74 bits per heavy atom. The second kappa shape index (κ2) is 9.71. The van der Waals surface area contributed by atoms with Gasteiger partial charge in [-0.25, -0.2) is 15.0 Å². The number of nitrogens with zero attached hydrogens (tertiary/aromatic N) is 9. The van der Waals surface area contributed by atoms with E-state index >= 15 is 0 Å². The molecule has 4 aromatic heterocycles. The van der Waals surface area contributed by atoms with Gasteiger partial charge in [0.05, 0.1) is 19.5 Å². The highest BCUT2D eigenvalue weighted by atomic mass is 19.4. The quantitative estimate of drug-likeness (QED) is 0.291. The van der Waals surface area contributed by atoms with Crippen molar-refractivity contribution in [1.82, 2.24) is 39.1 Å². The van der Waals surface area contributed by atoms with E-state index in [0.717, 1.165) is 11.8 Å². The van der Waals surface area contributed by atoms with E-state index in [1.807, 2.05) is 55.9 Å². The minimum absolute atomic E-state index is 0.0581. The first-order valence-corrected chi connectivity index (χ1v) is 12.2. The molecule has 5 aromatic rings. The largest absolute Gasteiger partial charge is 0.493 e. The maximum absolute atomic E-state index is 13.1. The summed E-state index contributed by atoms with van der Waals surface area (Å²) in [6.45, 7) is 4.51. The highest BCUT2D eigenvalue weighted by molar-refractivity contribution is 5.87. The zero-order valence-corrected chi connectivity index (χ0v) is 22.4. The number of benzene rings is 1. The highest BCUT2D eigenvalue weighted by Gasteiger charge is 2.34. The van der Waals surface area contributed by atoms with E-state index in [-0.39, 0.29) is 11.9 Å². The molecular formula is C26H28F3N9O. The Labute approximate surface area is 222 Å². The number of anilines is 1. The highest BCUT2D eigenvalue weighted by Crippen LogP contribution is 2.34. The molecule has 0 radical (unpaired) electrons. The molecule has 0 N–H and O–H groups in total. The minimum atomic E-state index is -4.50. The topological polar surface area (TPSA) is 91.7 Å². The first-order chi connectivity index (χ1) is 18.5. The van der Waals surface area contributed by atoms with E-state index in [0.29, 0.717) is 46.2 Å². The Morgan fingerprint density at radius 3 is 2.36 bits per heavy atom. The van der Waals surface area contributed by atoms with Crippen molar-refractivity contribution >= 4 is 16.9 Å². The lowest BCUT2D eigenvalue weighted by molar-refractivity contribution is -0.140. The zero-order valence-electron chi connectivity index (χ0n) is 22.4. The molecule has 0 aliphatic carbocycles. The first-order valence-electron chi connectivity index (χ1n) is 12.2. The lowest BCUT2D eigenvalue weighted by atomic mass is 10.1. The van der Waals surface area contributed by atoms with Crippen LogP contribution in [0.4, 0.5) is 19.0 Å². The van der Waals surface area contributed by atoms with Crippen LogP contribution < -0.4 is 9.64 Å². The first kappa shape index (κ1) is 26.2. The van der Waals surface area contributed by atoms with Crippen LogP contribution in [0.25, 0.3) is 33.9 Å². The number of hydrogen-bond acceptors (Lipinski definition) is 7. The van der Waals surface area contributed by atoms with Crippen LogP contribution in [0.5, 0.6) is 5.75 Å². The van der Waals surface area contributed by atoms with Crippen LogP contribution in [0.1, 0.15) is 31.1 Å². The van der Waals surface area contributed by atoms with E-state index in [4.69, 9.17) is 14.7 Å². The fourth-order valence-electron chi connectivity index (χ4n) is 4.46. The average molecular weight is 540 g/mol. The van der Waals surface area contributed by atoms with Gasteiger partial charge in [0.25, 0.3) is 0 Å². The van der Waals surface area contributed by atoms with Gasteiger partial charge in [-0.3, -0.25) is 9.36 Å². The normalized spacial score (nSPS) is 12.1. The summed E-state index contributed by atoms with van der Waals surface area (Å²) in [4.78, 5) is 15.4. The number of halogens is 3. The molecule has 0 saturated carbocycles. The van der Waals surface area contributed by atoms with Crippen LogP contribution in [0.3, 0.4) is 0 Å².